The Morgan fingerprint density at radius 3 is 1.17 bits per heavy atom. The van der Waals surface area contributed by atoms with E-state index in [1.165, 1.54) is 0 Å². The fourth-order valence-electron chi connectivity index (χ4n) is 2.62. The lowest BCUT2D eigenvalue weighted by molar-refractivity contribution is -0.413. The molecule has 0 heterocycles. The number of halogens is 16. The quantitative estimate of drug-likeness (QED) is 0.154. The molecule has 0 aromatic rings. The van der Waals surface area contributed by atoms with E-state index in [2.05, 4.69) is 13.3 Å². The van der Waals surface area contributed by atoms with Gasteiger partial charge in [-0.25, -0.2) is 26.3 Å². The predicted molar refractivity (Wildman–Crippen MR) is 91.0 cm³/mol. The maximum absolute atomic E-state index is 14.7. The van der Waals surface area contributed by atoms with Crippen molar-refractivity contribution >= 4 is 8.80 Å². The van der Waals surface area contributed by atoms with Crippen LogP contribution in [0.25, 0.3) is 0 Å². The Labute approximate surface area is 194 Å². The Balaban J connectivity index is 6.69. The average molecular weight is 592 g/mol. The lowest BCUT2D eigenvalue weighted by Gasteiger charge is -2.43. The van der Waals surface area contributed by atoms with Gasteiger partial charge < -0.3 is 13.3 Å². The van der Waals surface area contributed by atoms with Crippen molar-refractivity contribution in [2.75, 3.05) is 19.8 Å². The molecule has 218 valence electrons. The van der Waals surface area contributed by atoms with Crippen LogP contribution in [0.15, 0.2) is 0 Å². The molecule has 0 spiro atoms. The fourth-order valence-corrected chi connectivity index (χ4v) is 5.14. The van der Waals surface area contributed by atoms with Crippen molar-refractivity contribution in [3.05, 3.63) is 0 Å². The predicted octanol–water partition coefficient (Wildman–Crippen LogP) is 6.37. The van der Waals surface area contributed by atoms with E-state index in [9.17, 15) is 70.2 Å². The summed E-state index contributed by atoms with van der Waals surface area (Å²) < 4.78 is 232. The zero-order valence-corrected chi connectivity index (χ0v) is 19.3. The average Bonchev–Trinajstić information content (AvgIpc) is 2.76. The van der Waals surface area contributed by atoms with Crippen molar-refractivity contribution in [1.82, 2.24) is 0 Å². The monoisotopic (exact) mass is 592 g/mol. The molecule has 0 aliphatic carbocycles. The number of hydrogen-bond acceptors (Lipinski definition) is 3. The molecule has 0 aliphatic heterocycles. The standard InChI is InChI=1S/C16H20F16O3Si/c1-4-33-36(34-5-2,35-6-3)11(22)13(25,26)15(29,30)16(31,32)14(27,28)12(23,24)9(19)7(17)8(18)10(20)21/h7-11H,4-6H2,1-3H3. The number of hydrogen-bond donors (Lipinski definition) is 0. The lowest BCUT2D eigenvalue weighted by Crippen LogP contribution is -2.74. The van der Waals surface area contributed by atoms with Gasteiger partial charge in [0.15, 0.2) is 12.3 Å². The molecule has 0 bridgehead atoms. The second-order valence-corrected chi connectivity index (χ2v) is 9.44. The second kappa shape index (κ2) is 11.8. The van der Waals surface area contributed by atoms with Gasteiger partial charge in [-0.1, -0.05) is 0 Å². The zero-order valence-electron chi connectivity index (χ0n) is 18.3. The Hall–Kier alpha value is -1.02. The highest BCUT2D eigenvalue weighted by molar-refractivity contribution is 6.62. The Kier molecular flexibility index (Phi) is 11.5. The minimum atomic E-state index is -8.12. The van der Waals surface area contributed by atoms with Crippen molar-refractivity contribution in [3.8, 4) is 0 Å². The molecule has 0 aromatic carbocycles. The molecular formula is C16H20F16O3Si. The molecule has 0 saturated heterocycles. The summed E-state index contributed by atoms with van der Waals surface area (Å²) in [5.74, 6) is -43.4. The van der Waals surface area contributed by atoms with Gasteiger partial charge in [0.25, 0.3) is 6.43 Å². The van der Waals surface area contributed by atoms with Crippen LogP contribution in [0.2, 0.25) is 0 Å². The highest BCUT2D eigenvalue weighted by atomic mass is 28.4. The lowest BCUT2D eigenvalue weighted by atomic mass is 9.90. The van der Waals surface area contributed by atoms with E-state index in [4.69, 9.17) is 0 Å². The molecule has 0 N–H and O–H groups in total. The molecule has 4 unspecified atom stereocenters. The summed E-state index contributed by atoms with van der Waals surface area (Å²) in [5, 5.41) is 0. The van der Waals surface area contributed by atoms with E-state index in [0.29, 0.717) is 0 Å². The van der Waals surface area contributed by atoms with E-state index in [0.717, 1.165) is 20.8 Å². The molecule has 0 amide bonds. The summed E-state index contributed by atoms with van der Waals surface area (Å²) in [4.78, 5) is 0. The second-order valence-electron chi connectivity index (χ2n) is 6.86. The number of rotatable bonds is 16. The SMILES string of the molecule is CCO[Si](OCC)(OCC)C(F)C(F)(F)C(F)(F)C(F)(F)C(F)(F)C(F)(F)C(F)C(F)C(F)C(F)F. The van der Waals surface area contributed by atoms with Crippen molar-refractivity contribution in [3.63, 3.8) is 0 Å². The molecule has 0 rings (SSSR count). The fraction of sp³-hybridized carbons (Fsp3) is 1.00. The number of alkyl halides is 16. The summed E-state index contributed by atoms with van der Waals surface area (Å²) in [6.07, 6.45) is -20.0. The van der Waals surface area contributed by atoms with Gasteiger partial charge in [0.2, 0.25) is 12.0 Å². The highest BCUT2D eigenvalue weighted by Crippen LogP contribution is 2.60. The van der Waals surface area contributed by atoms with Gasteiger partial charge in [-0.3, -0.25) is 0 Å². The Bertz CT molecular complexity index is 677. The molecule has 0 fully saturated rings. The minimum absolute atomic E-state index is 0.852. The van der Waals surface area contributed by atoms with E-state index in [1.54, 1.807) is 0 Å². The largest absolute Gasteiger partial charge is 0.543 e. The summed E-state index contributed by atoms with van der Waals surface area (Å²) in [5.41, 5.74) is 0. The molecular weight excluding hydrogens is 572 g/mol. The van der Waals surface area contributed by atoms with Crippen LogP contribution in [0.4, 0.5) is 70.2 Å². The van der Waals surface area contributed by atoms with Crippen molar-refractivity contribution in [2.45, 2.75) is 81.1 Å². The molecule has 0 radical (unpaired) electrons. The Morgan fingerprint density at radius 1 is 0.528 bits per heavy atom. The maximum atomic E-state index is 14.7. The molecule has 36 heavy (non-hydrogen) atoms. The minimum Gasteiger partial charge on any atom is -0.372 e. The Morgan fingerprint density at radius 2 is 0.861 bits per heavy atom. The smallest absolute Gasteiger partial charge is 0.372 e. The van der Waals surface area contributed by atoms with Gasteiger partial charge in [0.1, 0.15) is 0 Å². The normalized spacial score (nSPS) is 18.3. The first-order valence-corrected chi connectivity index (χ1v) is 11.5. The first-order chi connectivity index (χ1) is 16.0. The van der Waals surface area contributed by atoms with Gasteiger partial charge in [-0.15, -0.1) is 0 Å². The molecule has 0 aromatic heterocycles. The summed E-state index contributed by atoms with van der Waals surface area (Å²) >= 11 is 0. The topological polar surface area (TPSA) is 27.7 Å². The van der Waals surface area contributed by atoms with Crippen LogP contribution < -0.4 is 0 Å². The van der Waals surface area contributed by atoms with Crippen LogP contribution in [-0.2, 0) is 13.3 Å². The van der Waals surface area contributed by atoms with E-state index < -0.39 is 89.0 Å². The molecule has 4 atom stereocenters. The van der Waals surface area contributed by atoms with Crippen LogP contribution in [0.5, 0.6) is 0 Å². The van der Waals surface area contributed by atoms with Gasteiger partial charge in [0.05, 0.1) is 0 Å². The van der Waals surface area contributed by atoms with Crippen molar-refractivity contribution in [2.24, 2.45) is 0 Å². The van der Waals surface area contributed by atoms with Crippen LogP contribution in [0.3, 0.4) is 0 Å². The molecule has 0 aliphatic rings. The van der Waals surface area contributed by atoms with E-state index >= 15 is 0 Å². The van der Waals surface area contributed by atoms with Crippen LogP contribution in [-0.4, -0.2) is 89.0 Å². The third kappa shape index (κ3) is 5.69. The highest BCUT2D eigenvalue weighted by Gasteiger charge is 2.90. The van der Waals surface area contributed by atoms with E-state index in [1.807, 2.05) is 0 Å². The molecule has 20 heteroatoms. The van der Waals surface area contributed by atoms with E-state index in [-0.39, 0.29) is 0 Å². The van der Waals surface area contributed by atoms with Crippen molar-refractivity contribution in [1.29, 1.82) is 0 Å². The van der Waals surface area contributed by atoms with Gasteiger partial charge in [-0.05, 0) is 20.8 Å². The first-order valence-electron chi connectivity index (χ1n) is 9.66. The van der Waals surface area contributed by atoms with Crippen LogP contribution >= 0.6 is 0 Å². The van der Waals surface area contributed by atoms with Crippen LogP contribution in [0, 0.1) is 0 Å². The van der Waals surface area contributed by atoms with Gasteiger partial charge >= 0.3 is 38.4 Å². The molecule has 0 saturated carbocycles. The third-order valence-corrected chi connectivity index (χ3v) is 7.52. The van der Waals surface area contributed by atoms with Gasteiger partial charge in [0, 0.05) is 19.8 Å². The van der Waals surface area contributed by atoms with Crippen molar-refractivity contribution < 1.29 is 83.5 Å². The zero-order chi connectivity index (χ0) is 29.1. The van der Waals surface area contributed by atoms with Gasteiger partial charge in [-0.2, -0.15) is 43.9 Å². The summed E-state index contributed by atoms with van der Waals surface area (Å²) in [7, 11) is -5.82. The third-order valence-electron chi connectivity index (χ3n) is 4.46. The summed E-state index contributed by atoms with van der Waals surface area (Å²) in [6, 6.07) is 0. The maximum Gasteiger partial charge on any atom is 0.543 e. The first kappa shape index (κ1) is 35.0. The summed E-state index contributed by atoms with van der Waals surface area (Å²) in [6.45, 7) is 0.230. The molecule has 3 nitrogen and oxygen atoms in total. The van der Waals surface area contributed by atoms with Crippen LogP contribution in [0.1, 0.15) is 20.8 Å².